The van der Waals surface area contributed by atoms with E-state index in [1.165, 1.54) is 6.07 Å². The number of para-hydroxylation sites is 1. The molecule has 0 spiro atoms. The molecule has 2 aromatic carbocycles. The van der Waals surface area contributed by atoms with Gasteiger partial charge in [0, 0.05) is 33.8 Å². The van der Waals surface area contributed by atoms with Gasteiger partial charge in [0.25, 0.3) is 0 Å². The van der Waals surface area contributed by atoms with Crippen LogP contribution >= 0.6 is 11.6 Å². The van der Waals surface area contributed by atoms with Gasteiger partial charge in [-0.2, -0.15) is 0 Å². The van der Waals surface area contributed by atoms with Gasteiger partial charge in [-0.3, -0.25) is 15.0 Å². The second-order valence-electron chi connectivity index (χ2n) is 5.77. The Labute approximate surface area is 143 Å². The molecule has 124 valence electrons. The lowest BCUT2D eigenvalue weighted by Gasteiger charge is -2.25. The zero-order chi connectivity index (χ0) is 17.4. The Morgan fingerprint density at radius 2 is 2.00 bits per heavy atom. The van der Waals surface area contributed by atoms with E-state index in [-0.39, 0.29) is 17.5 Å². The molecular weight excluding hydrogens is 330 g/mol. The number of nitrogens with one attached hydrogen (secondary N) is 1. The van der Waals surface area contributed by atoms with E-state index >= 15 is 0 Å². The summed E-state index contributed by atoms with van der Waals surface area (Å²) < 4.78 is 0. The van der Waals surface area contributed by atoms with E-state index in [4.69, 9.17) is 11.6 Å². The molecule has 1 aromatic heterocycles. The van der Waals surface area contributed by atoms with Crippen LogP contribution in [0.1, 0.15) is 17.2 Å². The van der Waals surface area contributed by atoms with Crippen molar-refractivity contribution in [1.82, 2.24) is 9.88 Å². The minimum absolute atomic E-state index is 0.303. The van der Waals surface area contributed by atoms with Crippen LogP contribution in [0.15, 0.2) is 42.6 Å². The van der Waals surface area contributed by atoms with Gasteiger partial charge in [0.1, 0.15) is 0 Å². The van der Waals surface area contributed by atoms with Crippen LogP contribution in [0.4, 0.5) is 5.69 Å². The van der Waals surface area contributed by atoms with E-state index in [1.54, 1.807) is 18.2 Å². The zero-order valence-corrected chi connectivity index (χ0v) is 13.9. The zero-order valence-electron chi connectivity index (χ0n) is 13.2. The Morgan fingerprint density at radius 3 is 2.67 bits per heavy atom. The number of phenols is 1. The summed E-state index contributed by atoms with van der Waals surface area (Å²) in [6.07, 6.45) is 1.84. The number of halogens is 1. The number of nitrogens with zero attached hydrogens (tertiary/aromatic N) is 2. The van der Waals surface area contributed by atoms with Gasteiger partial charge < -0.3 is 10.1 Å². The molecule has 0 radical (unpaired) electrons. The molecular formula is C17H16ClN3O3. The third kappa shape index (κ3) is 2.70. The van der Waals surface area contributed by atoms with E-state index in [9.17, 15) is 15.2 Å². The van der Waals surface area contributed by atoms with Gasteiger partial charge >= 0.3 is 5.69 Å². The molecule has 24 heavy (non-hydrogen) atoms. The maximum Gasteiger partial charge on any atom is 0.311 e. The molecule has 0 saturated carbocycles. The van der Waals surface area contributed by atoms with Crippen molar-refractivity contribution in [3.63, 3.8) is 0 Å². The van der Waals surface area contributed by atoms with Gasteiger partial charge in [-0.15, -0.1) is 0 Å². The number of benzene rings is 2. The standard InChI is InChI=1S/C17H16ClN3O3/c1-20(2)16(12-4-3-5-15(17(12)22)21(23)24)13-9-19-14-8-10(18)6-7-11(13)14/h3-9,16,19,22H,1-2H3. The van der Waals surface area contributed by atoms with E-state index in [0.29, 0.717) is 10.6 Å². The first-order chi connectivity index (χ1) is 11.4. The molecule has 2 N–H and O–H groups in total. The summed E-state index contributed by atoms with van der Waals surface area (Å²) in [5.74, 6) is -0.315. The summed E-state index contributed by atoms with van der Waals surface area (Å²) in [7, 11) is 3.72. The number of aromatic hydroxyl groups is 1. The molecule has 1 heterocycles. The Balaban J connectivity index is 2.21. The molecule has 7 heteroatoms. The molecule has 1 atom stereocenters. The average molecular weight is 346 g/mol. The molecule has 1 unspecified atom stereocenters. The molecule has 0 bridgehead atoms. The normalized spacial score (nSPS) is 12.7. The molecule has 0 aliphatic carbocycles. The predicted octanol–water partition coefficient (Wildman–Crippen LogP) is 4.09. The summed E-state index contributed by atoms with van der Waals surface area (Å²) >= 11 is 6.02. The number of hydrogen-bond donors (Lipinski definition) is 2. The van der Waals surface area contributed by atoms with E-state index < -0.39 is 4.92 Å². The highest BCUT2D eigenvalue weighted by Crippen LogP contribution is 2.40. The lowest BCUT2D eigenvalue weighted by molar-refractivity contribution is -0.386. The third-order valence-corrected chi connectivity index (χ3v) is 4.26. The van der Waals surface area contributed by atoms with Crippen LogP contribution in [0, 0.1) is 10.1 Å². The monoisotopic (exact) mass is 345 g/mol. The molecule has 0 amide bonds. The van der Waals surface area contributed by atoms with Crippen LogP contribution in [0.2, 0.25) is 5.02 Å². The van der Waals surface area contributed by atoms with Crippen molar-refractivity contribution in [3.05, 3.63) is 68.9 Å². The van der Waals surface area contributed by atoms with Crippen LogP contribution in [-0.2, 0) is 0 Å². The Bertz CT molecular complexity index is 921. The summed E-state index contributed by atoms with van der Waals surface area (Å²) in [5, 5.41) is 23.1. The molecule has 0 aliphatic rings. The minimum Gasteiger partial charge on any atom is -0.502 e. The van der Waals surface area contributed by atoms with Gasteiger partial charge in [0.2, 0.25) is 0 Å². The van der Waals surface area contributed by atoms with E-state index in [0.717, 1.165) is 16.5 Å². The summed E-state index contributed by atoms with van der Waals surface area (Å²) in [6.45, 7) is 0. The van der Waals surface area contributed by atoms with Crippen LogP contribution in [0.5, 0.6) is 5.75 Å². The fourth-order valence-electron chi connectivity index (χ4n) is 2.99. The number of aromatic amines is 1. The van der Waals surface area contributed by atoms with Crippen molar-refractivity contribution in [2.45, 2.75) is 6.04 Å². The summed E-state index contributed by atoms with van der Waals surface area (Å²) in [5.41, 5.74) is 1.95. The number of fused-ring (bicyclic) bond motifs is 1. The van der Waals surface area contributed by atoms with E-state index in [1.807, 2.05) is 37.3 Å². The van der Waals surface area contributed by atoms with Gasteiger partial charge in [-0.1, -0.05) is 29.8 Å². The number of nitro groups is 1. The van der Waals surface area contributed by atoms with Crippen LogP contribution in [0.3, 0.4) is 0 Å². The highest BCUT2D eigenvalue weighted by Gasteiger charge is 2.27. The number of nitro benzene ring substituents is 1. The smallest absolute Gasteiger partial charge is 0.311 e. The average Bonchev–Trinajstić information content (AvgIpc) is 2.91. The molecule has 6 nitrogen and oxygen atoms in total. The first-order valence-electron chi connectivity index (χ1n) is 7.29. The van der Waals surface area contributed by atoms with Gasteiger partial charge in [-0.25, -0.2) is 0 Å². The SMILES string of the molecule is CN(C)C(c1cccc([N+](=O)[O-])c1O)c1c[nH]c2cc(Cl)ccc12. The van der Waals surface area contributed by atoms with Gasteiger partial charge in [0.15, 0.2) is 5.75 Å². The van der Waals surface area contributed by atoms with Crippen molar-refractivity contribution in [3.8, 4) is 5.75 Å². The number of aromatic nitrogens is 1. The fourth-order valence-corrected chi connectivity index (χ4v) is 3.16. The maximum atomic E-state index is 11.1. The van der Waals surface area contributed by atoms with Gasteiger partial charge in [-0.05, 0) is 31.8 Å². The number of phenolic OH excluding ortho intramolecular Hbond substituents is 1. The largest absolute Gasteiger partial charge is 0.502 e. The topological polar surface area (TPSA) is 82.4 Å². The highest BCUT2D eigenvalue weighted by molar-refractivity contribution is 6.31. The third-order valence-electron chi connectivity index (χ3n) is 4.02. The molecule has 0 fully saturated rings. The van der Waals surface area contributed by atoms with Crippen LogP contribution in [-0.4, -0.2) is 34.0 Å². The Kier molecular flexibility index (Phi) is 4.17. The van der Waals surface area contributed by atoms with Crippen molar-refractivity contribution in [2.75, 3.05) is 14.1 Å². The molecule has 0 saturated heterocycles. The summed E-state index contributed by atoms with van der Waals surface area (Å²) in [6, 6.07) is 9.73. The van der Waals surface area contributed by atoms with E-state index in [2.05, 4.69) is 4.98 Å². The predicted molar refractivity (Wildman–Crippen MR) is 93.6 cm³/mol. The number of rotatable bonds is 4. The Hall–Kier alpha value is -2.57. The highest BCUT2D eigenvalue weighted by atomic mass is 35.5. The number of H-pyrrole nitrogens is 1. The quantitative estimate of drug-likeness (QED) is 0.551. The van der Waals surface area contributed by atoms with Crippen LogP contribution in [0.25, 0.3) is 10.9 Å². The molecule has 3 rings (SSSR count). The van der Waals surface area contributed by atoms with Crippen molar-refractivity contribution in [2.24, 2.45) is 0 Å². The second-order valence-corrected chi connectivity index (χ2v) is 6.21. The molecule has 3 aromatic rings. The lowest BCUT2D eigenvalue weighted by atomic mass is 9.96. The van der Waals surface area contributed by atoms with Crippen molar-refractivity contribution in [1.29, 1.82) is 0 Å². The second kappa shape index (κ2) is 6.14. The number of hydrogen-bond acceptors (Lipinski definition) is 4. The Morgan fingerprint density at radius 1 is 1.25 bits per heavy atom. The first kappa shape index (κ1) is 16.3. The molecule has 0 aliphatic heterocycles. The fraction of sp³-hybridized carbons (Fsp3) is 0.176. The first-order valence-corrected chi connectivity index (χ1v) is 7.67. The summed E-state index contributed by atoms with van der Waals surface area (Å²) in [4.78, 5) is 15.6. The van der Waals surface area contributed by atoms with Crippen LogP contribution < -0.4 is 0 Å². The minimum atomic E-state index is -0.583. The van der Waals surface area contributed by atoms with Gasteiger partial charge in [0.05, 0.1) is 11.0 Å². The van der Waals surface area contributed by atoms with Crippen molar-refractivity contribution < 1.29 is 10.0 Å². The lowest BCUT2D eigenvalue weighted by Crippen LogP contribution is -2.21. The van der Waals surface area contributed by atoms with Crippen molar-refractivity contribution >= 4 is 28.2 Å². The maximum absolute atomic E-state index is 11.1.